The second-order valence-corrected chi connectivity index (χ2v) is 11.0. The quantitative estimate of drug-likeness (QED) is 0.382. The van der Waals surface area contributed by atoms with Gasteiger partial charge in [-0.15, -0.1) is 18.3 Å². The van der Waals surface area contributed by atoms with E-state index in [1.807, 2.05) is 6.92 Å². The maximum atomic E-state index is 13.2. The molecule has 1 aromatic carbocycles. The van der Waals surface area contributed by atoms with Crippen molar-refractivity contribution in [3.63, 3.8) is 0 Å². The number of carbonyl (C=O) groups excluding carboxylic acids is 2. The zero-order valence-corrected chi connectivity index (χ0v) is 17.6. The molecule has 2 aliphatic carbocycles. The highest BCUT2D eigenvalue weighted by molar-refractivity contribution is 8.03. The Hall–Kier alpha value is -1.37. The highest BCUT2D eigenvalue weighted by Crippen LogP contribution is 2.49. The molecule has 0 spiro atoms. The van der Waals surface area contributed by atoms with E-state index in [0.717, 1.165) is 30.4 Å². The van der Waals surface area contributed by atoms with Crippen LogP contribution < -0.4 is 0 Å². The molecule has 144 valence electrons. The van der Waals surface area contributed by atoms with Crippen LogP contribution in [0.5, 0.6) is 0 Å². The molecule has 27 heavy (non-hydrogen) atoms. The molecular formula is C20H21ClO4S2. The van der Waals surface area contributed by atoms with Gasteiger partial charge in [-0.2, -0.15) is 0 Å². The van der Waals surface area contributed by atoms with Gasteiger partial charge in [0.2, 0.25) is 0 Å². The first-order valence-corrected chi connectivity index (χ1v) is 11.9. The fourth-order valence-corrected chi connectivity index (χ4v) is 5.85. The molecule has 0 aromatic heterocycles. The maximum Gasteiger partial charge on any atom is 0.198 e. The number of hydrogen-bond donors (Lipinski definition) is 0. The number of ketones is 2. The first-order valence-electron chi connectivity index (χ1n) is 8.75. The molecule has 7 heteroatoms. The van der Waals surface area contributed by atoms with Gasteiger partial charge in [0.25, 0.3) is 0 Å². The molecule has 0 radical (unpaired) electrons. The van der Waals surface area contributed by atoms with Crippen LogP contribution in [0, 0.1) is 11.8 Å². The van der Waals surface area contributed by atoms with E-state index in [1.54, 1.807) is 6.08 Å². The molecule has 0 heterocycles. The molecule has 3 rings (SSSR count). The number of thioether (sulfide) groups is 1. The van der Waals surface area contributed by atoms with E-state index >= 15 is 0 Å². The first kappa shape index (κ1) is 20.4. The average Bonchev–Trinajstić information content (AvgIpc) is 3.05. The van der Waals surface area contributed by atoms with Gasteiger partial charge in [0, 0.05) is 27.9 Å². The number of halogens is 1. The van der Waals surface area contributed by atoms with Crippen molar-refractivity contribution in [2.75, 3.05) is 6.26 Å². The number of benzene rings is 1. The summed E-state index contributed by atoms with van der Waals surface area (Å²) in [5, 5.41) is 0.123. The molecular weight excluding hydrogens is 404 g/mol. The molecule has 2 bridgehead atoms. The summed E-state index contributed by atoms with van der Waals surface area (Å²) in [6.45, 7) is 5.77. The van der Waals surface area contributed by atoms with Crippen LogP contribution in [0.1, 0.15) is 36.5 Å². The summed E-state index contributed by atoms with van der Waals surface area (Å²) >= 11 is 7.73. The van der Waals surface area contributed by atoms with Crippen molar-refractivity contribution in [3.8, 4) is 0 Å². The number of rotatable bonds is 6. The van der Waals surface area contributed by atoms with E-state index in [2.05, 4.69) is 6.58 Å². The predicted molar refractivity (Wildman–Crippen MR) is 109 cm³/mol. The number of fused-ring (bicyclic) bond motifs is 2. The van der Waals surface area contributed by atoms with Gasteiger partial charge >= 0.3 is 0 Å². The molecule has 3 unspecified atom stereocenters. The summed E-state index contributed by atoms with van der Waals surface area (Å²) in [5.41, 5.74) is 0.388. The van der Waals surface area contributed by atoms with Crippen LogP contribution in [-0.2, 0) is 14.6 Å². The molecule has 0 saturated heterocycles. The molecule has 0 amide bonds. The predicted octanol–water partition coefficient (Wildman–Crippen LogP) is 4.49. The summed E-state index contributed by atoms with van der Waals surface area (Å²) in [7, 11) is -3.43. The summed E-state index contributed by atoms with van der Waals surface area (Å²) < 4.78 is 23.4. The number of hydrogen-bond acceptors (Lipinski definition) is 5. The first-order chi connectivity index (χ1) is 12.6. The van der Waals surface area contributed by atoms with E-state index in [0.29, 0.717) is 0 Å². The summed E-state index contributed by atoms with van der Waals surface area (Å²) in [6.07, 6.45) is 5.37. The van der Waals surface area contributed by atoms with Crippen molar-refractivity contribution in [1.29, 1.82) is 0 Å². The van der Waals surface area contributed by atoms with Crippen LogP contribution in [0.4, 0.5) is 0 Å². The van der Waals surface area contributed by atoms with Crippen LogP contribution in [0.25, 0.3) is 0 Å². The van der Waals surface area contributed by atoms with Crippen LogP contribution >= 0.6 is 23.4 Å². The lowest BCUT2D eigenvalue weighted by Gasteiger charge is -2.26. The zero-order valence-electron chi connectivity index (χ0n) is 15.2. The Bertz CT molecular complexity index is 962. The van der Waals surface area contributed by atoms with Gasteiger partial charge in [0.05, 0.1) is 15.5 Å². The highest BCUT2D eigenvalue weighted by Gasteiger charge is 2.43. The fourth-order valence-electron chi connectivity index (χ4n) is 3.66. The van der Waals surface area contributed by atoms with Crippen molar-refractivity contribution in [3.05, 3.63) is 51.9 Å². The molecule has 0 N–H and O–H groups in total. The minimum atomic E-state index is -3.43. The third-order valence-electron chi connectivity index (χ3n) is 5.15. The Morgan fingerprint density at radius 1 is 1.33 bits per heavy atom. The summed E-state index contributed by atoms with van der Waals surface area (Å²) in [6, 6.07) is 4.03. The minimum absolute atomic E-state index is 0.0438. The topological polar surface area (TPSA) is 68.3 Å². The molecule has 1 aromatic rings. The van der Waals surface area contributed by atoms with Gasteiger partial charge in [0.1, 0.15) is 0 Å². The zero-order chi connectivity index (χ0) is 19.9. The second kappa shape index (κ2) is 7.57. The largest absolute Gasteiger partial charge is 0.294 e. The third kappa shape index (κ3) is 3.93. The molecule has 0 aliphatic heterocycles. The molecule has 4 nitrogen and oxygen atoms in total. The van der Waals surface area contributed by atoms with Gasteiger partial charge in [-0.3, -0.25) is 9.59 Å². The Balaban J connectivity index is 2.08. The summed E-state index contributed by atoms with van der Waals surface area (Å²) in [5.74, 6) is -0.421. The monoisotopic (exact) mass is 424 g/mol. The number of carbonyl (C=O) groups is 2. The number of allylic oxidation sites excluding steroid dienone is 2. The lowest BCUT2D eigenvalue weighted by molar-refractivity contribution is -0.119. The molecule has 3 atom stereocenters. The third-order valence-corrected chi connectivity index (χ3v) is 7.93. The normalized spacial score (nSPS) is 23.4. The second-order valence-electron chi connectivity index (χ2n) is 7.11. The Labute approximate surface area is 169 Å². The molecule has 2 aliphatic rings. The van der Waals surface area contributed by atoms with E-state index in [4.69, 9.17) is 11.6 Å². The van der Waals surface area contributed by atoms with Crippen LogP contribution in [0.2, 0.25) is 5.02 Å². The SMILES string of the molecule is C=CC(C)SC1=C(C(=O)c2ccc(S(C)(=O)=O)cc2Cl)C(=O)C2CCC1C2. The standard InChI is InChI=1S/C20H21ClO4S2/c1-4-11(2)26-20-13-6-5-12(9-13)18(22)17(20)19(23)15-8-7-14(10-16(15)21)27(3,24)25/h4,7-8,10-13H,1,5-6,9H2,2-3H3. The molecule has 1 fully saturated rings. The van der Waals surface area contributed by atoms with Crippen molar-refractivity contribution in [1.82, 2.24) is 0 Å². The highest BCUT2D eigenvalue weighted by atomic mass is 35.5. The van der Waals surface area contributed by atoms with Gasteiger partial charge in [0.15, 0.2) is 21.4 Å². The maximum absolute atomic E-state index is 13.2. The van der Waals surface area contributed by atoms with E-state index in [9.17, 15) is 18.0 Å². The van der Waals surface area contributed by atoms with Gasteiger partial charge in [-0.05, 0) is 50.3 Å². The lowest BCUT2D eigenvalue weighted by atomic mass is 9.84. The number of Topliss-reactive ketones (excluding diaryl/α,β-unsaturated/α-hetero) is 2. The Morgan fingerprint density at radius 3 is 2.59 bits per heavy atom. The van der Waals surface area contributed by atoms with Crippen molar-refractivity contribution < 1.29 is 18.0 Å². The smallest absolute Gasteiger partial charge is 0.198 e. The number of sulfone groups is 1. The van der Waals surface area contributed by atoms with Crippen molar-refractivity contribution in [2.24, 2.45) is 11.8 Å². The average molecular weight is 425 g/mol. The van der Waals surface area contributed by atoms with Gasteiger partial charge in [-0.1, -0.05) is 17.7 Å². The van der Waals surface area contributed by atoms with E-state index < -0.39 is 15.6 Å². The van der Waals surface area contributed by atoms with Crippen molar-refractivity contribution in [2.45, 2.75) is 36.3 Å². The fraction of sp³-hybridized carbons (Fsp3) is 0.400. The van der Waals surface area contributed by atoms with E-state index in [-0.39, 0.29) is 43.9 Å². The van der Waals surface area contributed by atoms with Gasteiger partial charge in [-0.25, -0.2) is 8.42 Å². The van der Waals surface area contributed by atoms with Crippen LogP contribution in [-0.4, -0.2) is 31.5 Å². The minimum Gasteiger partial charge on any atom is -0.294 e. The summed E-state index contributed by atoms with van der Waals surface area (Å²) in [4.78, 5) is 27.1. The van der Waals surface area contributed by atoms with Crippen LogP contribution in [0.15, 0.2) is 46.2 Å². The van der Waals surface area contributed by atoms with Crippen molar-refractivity contribution >= 4 is 44.8 Å². The Kier molecular flexibility index (Phi) is 5.71. The van der Waals surface area contributed by atoms with E-state index in [1.165, 1.54) is 30.0 Å². The Morgan fingerprint density at radius 2 is 2.00 bits per heavy atom. The van der Waals surface area contributed by atoms with Crippen LogP contribution in [0.3, 0.4) is 0 Å². The molecule has 1 saturated carbocycles. The lowest BCUT2D eigenvalue weighted by Crippen LogP contribution is -2.27. The van der Waals surface area contributed by atoms with Gasteiger partial charge < -0.3 is 0 Å².